The van der Waals surface area contributed by atoms with E-state index in [1.165, 1.54) is 13.0 Å². The van der Waals surface area contributed by atoms with Crippen LogP contribution in [-0.2, 0) is 0 Å². The summed E-state index contributed by atoms with van der Waals surface area (Å²) < 4.78 is 55.2. The van der Waals surface area contributed by atoms with Crippen LogP contribution in [0.2, 0.25) is 0 Å². The zero-order valence-electron chi connectivity index (χ0n) is 9.22. The molecule has 0 heterocycles. The highest BCUT2D eigenvalue weighted by Crippen LogP contribution is 2.29. The van der Waals surface area contributed by atoms with Crippen LogP contribution in [0.5, 0.6) is 5.75 Å². The number of alkyl halides is 3. The van der Waals surface area contributed by atoms with E-state index in [0.29, 0.717) is 5.56 Å². The Morgan fingerprint density at radius 2 is 2.00 bits per heavy atom. The Kier molecular flexibility index (Phi) is 4.34. The molecule has 1 aromatic carbocycles. The minimum absolute atomic E-state index is 0.0159. The van der Waals surface area contributed by atoms with E-state index in [9.17, 15) is 17.6 Å². The third-order valence-electron chi connectivity index (χ3n) is 2.20. The van der Waals surface area contributed by atoms with E-state index in [2.05, 4.69) is 0 Å². The van der Waals surface area contributed by atoms with Gasteiger partial charge in [0.2, 0.25) is 0 Å². The number of hydrogen-bond donors (Lipinski definition) is 1. The predicted octanol–water partition coefficient (Wildman–Crippen LogP) is 2.79. The molecule has 0 bridgehead atoms. The molecule has 1 atom stereocenters. The maximum Gasteiger partial charge on any atom is 0.425 e. The monoisotopic (exact) mass is 251 g/mol. The molecule has 96 valence electrons. The summed E-state index contributed by atoms with van der Waals surface area (Å²) in [5.41, 5.74) is 5.42. The van der Waals surface area contributed by atoms with E-state index in [1.807, 2.05) is 0 Å². The molecule has 1 rings (SSSR count). The molecule has 6 heteroatoms. The second kappa shape index (κ2) is 5.35. The molecule has 0 fully saturated rings. The number of halogens is 4. The van der Waals surface area contributed by atoms with Gasteiger partial charge in [-0.3, -0.25) is 0 Å². The molecule has 1 aromatic rings. The first-order valence-corrected chi connectivity index (χ1v) is 5.04. The lowest BCUT2D eigenvalue weighted by Gasteiger charge is -2.22. The fourth-order valence-corrected chi connectivity index (χ4v) is 1.34. The maximum atomic E-state index is 12.8. The van der Waals surface area contributed by atoms with Crippen LogP contribution in [0.4, 0.5) is 17.6 Å². The molecule has 0 aliphatic heterocycles. The third kappa shape index (κ3) is 3.89. The topological polar surface area (TPSA) is 35.2 Å². The van der Waals surface area contributed by atoms with Crippen molar-refractivity contribution in [1.29, 1.82) is 0 Å². The van der Waals surface area contributed by atoms with Crippen molar-refractivity contribution in [1.82, 2.24) is 0 Å². The van der Waals surface area contributed by atoms with Gasteiger partial charge in [0, 0.05) is 6.42 Å². The number of aryl methyl sites for hydroxylation is 1. The lowest BCUT2D eigenvalue weighted by atomic mass is 10.2. The molecule has 1 unspecified atom stereocenters. The molecule has 0 aliphatic carbocycles. The van der Waals surface area contributed by atoms with Crippen LogP contribution in [0.3, 0.4) is 0 Å². The van der Waals surface area contributed by atoms with E-state index in [4.69, 9.17) is 10.5 Å². The minimum atomic E-state index is -4.49. The first-order valence-electron chi connectivity index (χ1n) is 5.04. The van der Waals surface area contributed by atoms with Gasteiger partial charge in [-0.2, -0.15) is 13.2 Å². The van der Waals surface area contributed by atoms with Gasteiger partial charge in [-0.1, -0.05) is 0 Å². The minimum Gasteiger partial charge on any atom is -0.481 e. The van der Waals surface area contributed by atoms with E-state index in [0.717, 1.165) is 12.1 Å². The van der Waals surface area contributed by atoms with Crippen molar-refractivity contribution in [2.24, 2.45) is 5.73 Å². The lowest BCUT2D eigenvalue weighted by Crippen LogP contribution is -2.36. The van der Waals surface area contributed by atoms with Crippen LogP contribution in [0.1, 0.15) is 12.0 Å². The predicted molar refractivity (Wildman–Crippen MR) is 55.3 cm³/mol. The molecule has 0 aromatic heterocycles. The smallest absolute Gasteiger partial charge is 0.425 e. The van der Waals surface area contributed by atoms with Gasteiger partial charge in [-0.15, -0.1) is 0 Å². The van der Waals surface area contributed by atoms with Gasteiger partial charge in [0.1, 0.15) is 11.6 Å². The molecule has 2 N–H and O–H groups in total. The second-order valence-electron chi connectivity index (χ2n) is 3.64. The first kappa shape index (κ1) is 13.8. The van der Waals surface area contributed by atoms with Crippen molar-refractivity contribution in [3.05, 3.63) is 29.6 Å². The molecular weight excluding hydrogens is 238 g/mol. The molecule has 0 saturated carbocycles. The molecule has 0 amide bonds. The van der Waals surface area contributed by atoms with Gasteiger partial charge in [-0.25, -0.2) is 4.39 Å². The summed E-state index contributed by atoms with van der Waals surface area (Å²) in [5, 5.41) is 0. The van der Waals surface area contributed by atoms with E-state index >= 15 is 0 Å². The summed E-state index contributed by atoms with van der Waals surface area (Å²) in [6.45, 7) is 1.35. The molecule has 17 heavy (non-hydrogen) atoms. The largest absolute Gasteiger partial charge is 0.481 e. The summed E-state index contributed by atoms with van der Waals surface area (Å²) in [4.78, 5) is 0. The van der Waals surface area contributed by atoms with Gasteiger partial charge in [-0.05, 0) is 37.2 Å². The van der Waals surface area contributed by atoms with Gasteiger partial charge in [0.25, 0.3) is 0 Å². The Labute approximate surface area is 96.4 Å². The van der Waals surface area contributed by atoms with E-state index in [-0.39, 0.29) is 18.7 Å². The molecule has 0 aliphatic rings. The summed E-state index contributed by atoms with van der Waals surface area (Å²) in [5.74, 6) is -0.501. The van der Waals surface area contributed by atoms with Crippen molar-refractivity contribution in [3.8, 4) is 5.75 Å². The maximum absolute atomic E-state index is 12.8. The molecule has 0 spiro atoms. The number of benzene rings is 1. The van der Waals surface area contributed by atoms with E-state index < -0.39 is 18.1 Å². The van der Waals surface area contributed by atoms with Crippen LogP contribution < -0.4 is 10.5 Å². The zero-order chi connectivity index (χ0) is 13.1. The molecule has 2 nitrogen and oxygen atoms in total. The Morgan fingerprint density at radius 1 is 1.35 bits per heavy atom. The summed E-state index contributed by atoms with van der Waals surface area (Å²) in [7, 11) is 0. The van der Waals surface area contributed by atoms with Crippen LogP contribution in [0.15, 0.2) is 18.2 Å². The fourth-order valence-electron chi connectivity index (χ4n) is 1.34. The highest BCUT2D eigenvalue weighted by atomic mass is 19.4. The Bertz CT molecular complexity index is 378. The number of ether oxygens (including phenoxy) is 1. The zero-order valence-corrected chi connectivity index (χ0v) is 9.22. The van der Waals surface area contributed by atoms with Crippen molar-refractivity contribution >= 4 is 0 Å². The van der Waals surface area contributed by atoms with Crippen molar-refractivity contribution < 1.29 is 22.3 Å². The Balaban J connectivity index is 2.86. The normalized spacial score (nSPS) is 13.5. The fraction of sp³-hybridized carbons (Fsp3) is 0.455. The average Bonchev–Trinajstić information content (AvgIpc) is 2.19. The average molecular weight is 251 g/mol. The molecule has 0 radical (unpaired) electrons. The standard InChI is InChI=1S/C11H13F4NO/c1-7-6-8(12)2-3-9(7)17-10(4-5-16)11(13,14)15/h2-3,6,10H,4-5,16H2,1H3. The number of hydrogen-bond acceptors (Lipinski definition) is 2. The van der Waals surface area contributed by atoms with Gasteiger partial charge in [0.05, 0.1) is 0 Å². The molecular formula is C11H13F4NO. The van der Waals surface area contributed by atoms with Crippen LogP contribution in [0, 0.1) is 12.7 Å². The lowest BCUT2D eigenvalue weighted by molar-refractivity contribution is -0.196. The number of rotatable bonds is 4. The van der Waals surface area contributed by atoms with Crippen molar-refractivity contribution in [3.63, 3.8) is 0 Å². The quantitative estimate of drug-likeness (QED) is 0.835. The second-order valence-corrected chi connectivity index (χ2v) is 3.64. The van der Waals surface area contributed by atoms with Crippen LogP contribution >= 0.6 is 0 Å². The summed E-state index contributed by atoms with van der Waals surface area (Å²) >= 11 is 0. The summed E-state index contributed by atoms with van der Waals surface area (Å²) in [6, 6.07) is 3.35. The Morgan fingerprint density at radius 3 is 2.47 bits per heavy atom. The molecule has 0 saturated heterocycles. The van der Waals surface area contributed by atoms with E-state index in [1.54, 1.807) is 0 Å². The van der Waals surface area contributed by atoms with Crippen molar-refractivity contribution in [2.45, 2.75) is 25.6 Å². The third-order valence-corrected chi connectivity index (χ3v) is 2.20. The highest BCUT2D eigenvalue weighted by Gasteiger charge is 2.41. The highest BCUT2D eigenvalue weighted by molar-refractivity contribution is 5.32. The van der Waals surface area contributed by atoms with Crippen LogP contribution in [-0.4, -0.2) is 18.8 Å². The van der Waals surface area contributed by atoms with Gasteiger partial charge < -0.3 is 10.5 Å². The van der Waals surface area contributed by atoms with Gasteiger partial charge in [0.15, 0.2) is 6.10 Å². The first-order chi connectivity index (χ1) is 7.84. The SMILES string of the molecule is Cc1cc(F)ccc1OC(CCN)C(F)(F)F. The Hall–Kier alpha value is -1.30. The van der Waals surface area contributed by atoms with Crippen molar-refractivity contribution in [2.75, 3.05) is 6.54 Å². The van der Waals surface area contributed by atoms with Crippen LogP contribution in [0.25, 0.3) is 0 Å². The summed E-state index contributed by atoms with van der Waals surface area (Å²) in [6.07, 6.45) is -6.78. The van der Waals surface area contributed by atoms with Gasteiger partial charge >= 0.3 is 6.18 Å². The number of nitrogens with two attached hydrogens (primary N) is 1.